The van der Waals surface area contributed by atoms with Gasteiger partial charge in [0.2, 0.25) is 0 Å². The number of carbonyl (C=O) groups excluding carboxylic acids is 1. The lowest BCUT2D eigenvalue weighted by Gasteiger charge is -2.21. The molecule has 0 aliphatic carbocycles. The van der Waals surface area contributed by atoms with E-state index >= 15 is 0 Å². The molecule has 0 saturated carbocycles. The monoisotopic (exact) mass is 442 g/mol. The summed E-state index contributed by atoms with van der Waals surface area (Å²) in [6.45, 7) is 2.06. The largest absolute Gasteiger partial charge is 0.345 e. The number of hydrogen-bond acceptors (Lipinski definition) is 3. The number of nitrogens with one attached hydrogen (secondary N) is 1. The lowest BCUT2D eigenvalue weighted by Crippen LogP contribution is -2.29. The van der Waals surface area contributed by atoms with Crippen LogP contribution in [-0.4, -0.2) is 21.4 Å². The van der Waals surface area contributed by atoms with Crippen LogP contribution in [0.5, 0.6) is 0 Å². The van der Waals surface area contributed by atoms with E-state index in [1.807, 2.05) is 84.9 Å². The summed E-state index contributed by atoms with van der Waals surface area (Å²) in [5, 5.41) is 3.99. The van der Waals surface area contributed by atoms with Gasteiger partial charge in [0.1, 0.15) is 0 Å². The van der Waals surface area contributed by atoms with Crippen LogP contribution in [0.3, 0.4) is 0 Å². The molecule has 5 heteroatoms. The van der Waals surface area contributed by atoms with E-state index in [1.165, 1.54) is 0 Å². The number of fused-ring (bicyclic) bond motifs is 1. The van der Waals surface area contributed by atoms with Gasteiger partial charge in [0.25, 0.3) is 5.91 Å². The van der Waals surface area contributed by atoms with Crippen molar-refractivity contribution in [1.82, 2.24) is 10.3 Å². The van der Waals surface area contributed by atoms with Crippen molar-refractivity contribution in [2.75, 3.05) is 6.26 Å². The highest BCUT2D eigenvalue weighted by atomic mass is 32.2. The van der Waals surface area contributed by atoms with Crippen molar-refractivity contribution < 1.29 is 9.00 Å². The van der Waals surface area contributed by atoms with E-state index in [2.05, 4.69) is 12.2 Å². The Bertz CT molecular complexity index is 1260. The van der Waals surface area contributed by atoms with E-state index in [1.54, 1.807) is 6.26 Å². The van der Waals surface area contributed by atoms with E-state index in [-0.39, 0.29) is 17.7 Å². The summed E-state index contributed by atoms with van der Waals surface area (Å²) in [4.78, 5) is 18.6. The van der Waals surface area contributed by atoms with Gasteiger partial charge in [0.05, 0.1) is 28.6 Å². The molecule has 1 aromatic heterocycles. The molecule has 0 fully saturated rings. The van der Waals surface area contributed by atoms with Gasteiger partial charge < -0.3 is 5.32 Å². The van der Waals surface area contributed by atoms with Crippen LogP contribution in [0.2, 0.25) is 0 Å². The van der Waals surface area contributed by atoms with Gasteiger partial charge in [-0.05, 0) is 18.1 Å². The van der Waals surface area contributed by atoms with Crippen LogP contribution < -0.4 is 5.32 Å². The predicted octanol–water partition coefficient (Wildman–Crippen LogP) is 5.66. The van der Waals surface area contributed by atoms with Crippen LogP contribution in [0.4, 0.5) is 0 Å². The molecule has 162 valence electrons. The molecule has 1 amide bonds. The minimum Gasteiger partial charge on any atom is -0.345 e. The number of nitrogens with zero attached hydrogens (tertiary/aromatic N) is 1. The highest BCUT2D eigenvalue weighted by Gasteiger charge is 2.24. The van der Waals surface area contributed by atoms with E-state index in [0.717, 1.165) is 34.0 Å². The van der Waals surface area contributed by atoms with Crippen LogP contribution in [0, 0.1) is 0 Å². The van der Waals surface area contributed by atoms with Gasteiger partial charge in [0, 0.05) is 33.6 Å². The topological polar surface area (TPSA) is 59.1 Å². The summed E-state index contributed by atoms with van der Waals surface area (Å²) in [7, 11) is -1.14. The standard InChI is InChI=1S/C27H26N2O2S/c1-3-23(19-12-6-4-7-13-19)29-27(30)25-21-16-10-11-17-24(21)28-26(22(25)18-32(2)31)20-14-8-5-9-15-20/h4-17,23H,3,18H2,1-2H3,(H,29,30)/t23-,32-/m0/s1. The van der Waals surface area contributed by atoms with Crippen LogP contribution in [0.15, 0.2) is 84.9 Å². The van der Waals surface area contributed by atoms with Crippen molar-refractivity contribution in [3.8, 4) is 11.3 Å². The second-order valence-electron chi connectivity index (χ2n) is 7.76. The van der Waals surface area contributed by atoms with E-state index in [4.69, 9.17) is 4.98 Å². The smallest absolute Gasteiger partial charge is 0.252 e. The molecule has 0 spiro atoms. The molecule has 32 heavy (non-hydrogen) atoms. The summed E-state index contributed by atoms with van der Waals surface area (Å²) >= 11 is 0. The molecule has 1 heterocycles. The first-order chi connectivity index (χ1) is 15.6. The fourth-order valence-electron chi connectivity index (χ4n) is 4.03. The second kappa shape index (κ2) is 9.88. The summed E-state index contributed by atoms with van der Waals surface area (Å²) in [5.74, 6) is 0.0874. The maximum atomic E-state index is 13.7. The number of aromatic nitrogens is 1. The summed E-state index contributed by atoms with van der Waals surface area (Å²) in [6.07, 6.45) is 2.42. The molecular formula is C27H26N2O2S. The number of amides is 1. The molecule has 0 radical (unpaired) electrons. The number of rotatable bonds is 7. The molecule has 0 aliphatic rings. The highest BCUT2D eigenvalue weighted by molar-refractivity contribution is 7.83. The van der Waals surface area contributed by atoms with E-state index < -0.39 is 10.8 Å². The maximum Gasteiger partial charge on any atom is 0.252 e. The molecule has 4 rings (SSSR count). The molecule has 0 saturated heterocycles. The predicted molar refractivity (Wildman–Crippen MR) is 132 cm³/mol. The number of pyridine rings is 1. The van der Waals surface area contributed by atoms with Gasteiger partial charge in [0.15, 0.2) is 0 Å². The van der Waals surface area contributed by atoms with Crippen molar-refractivity contribution in [1.29, 1.82) is 0 Å². The zero-order valence-corrected chi connectivity index (χ0v) is 19.1. The average Bonchev–Trinajstić information content (AvgIpc) is 2.82. The fourth-order valence-corrected chi connectivity index (χ4v) is 4.71. The zero-order chi connectivity index (χ0) is 22.5. The first-order valence-electron chi connectivity index (χ1n) is 10.7. The molecule has 4 nitrogen and oxygen atoms in total. The Morgan fingerprint density at radius 2 is 1.56 bits per heavy atom. The van der Waals surface area contributed by atoms with E-state index in [9.17, 15) is 9.00 Å². The third kappa shape index (κ3) is 4.63. The van der Waals surface area contributed by atoms with Crippen molar-refractivity contribution in [3.63, 3.8) is 0 Å². The Morgan fingerprint density at radius 3 is 2.22 bits per heavy atom. The van der Waals surface area contributed by atoms with Crippen LogP contribution >= 0.6 is 0 Å². The summed E-state index contributed by atoms with van der Waals surface area (Å²) < 4.78 is 12.4. The Hall–Kier alpha value is -3.31. The SMILES string of the molecule is CC[C@H](NC(=O)c1c(C[S@](C)=O)c(-c2ccccc2)nc2ccccc12)c1ccccc1. The molecule has 0 aliphatic heterocycles. The first-order valence-corrected chi connectivity index (χ1v) is 12.4. The minimum absolute atomic E-state index is 0.115. The lowest BCUT2D eigenvalue weighted by molar-refractivity contribution is 0.0936. The van der Waals surface area contributed by atoms with Gasteiger partial charge >= 0.3 is 0 Å². The van der Waals surface area contributed by atoms with E-state index in [0.29, 0.717) is 11.3 Å². The first kappa shape index (κ1) is 21.9. The van der Waals surface area contributed by atoms with Crippen LogP contribution in [0.1, 0.15) is 40.9 Å². The normalized spacial score (nSPS) is 12.9. The van der Waals surface area contributed by atoms with Crippen molar-refractivity contribution >= 4 is 27.6 Å². The highest BCUT2D eigenvalue weighted by Crippen LogP contribution is 2.32. The second-order valence-corrected chi connectivity index (χ2v) is 9.19. The molecular weight excluding hydrogens is 416 g/mol. The lowest BCUT2D eigenvalue weighted by atomic mass is 9.96. The number of para-hydroxylation sites is 1. The zero-order valence-electron chi connectivity index (χ0n) is 18.2. The quantitative estimate of drug-likeness (QED) is 0.402. The van der Waals surface area contributed by atoms with Crippen LogP contribution in [0.25, 0.3) is 22.2 Å². The average molecular weight is 443 g/mol. The Labute approximate surface area is 191 Å². The molecule has 1 N–H and O–H groups in total. The van der Waals surface area contributed by atoms with Crippen molar-refractivity contribution in [3.05, 3.63) is 102 Å². The van der Waals surface area contributed by atoms with Gasteiger partial charge in [-0.25, -0.2) is 4.98 Å². The number of carbonyl (C=O) groups is 1. The Morgan fingerprint density at radius 1 is 0.938 bits per heavy atom. The number of hydrogen-bond donors (Lipinski definition) is 1. The number of benzene rings is 3. The van der Waals surface area contributed by atoms with Gasteiger partial charge in [-0.15, -0.1) is 0 Å². The summed E-state index contributed by atoms with van der Waals surface area (Å²) in [6, 6.07) is 27.3. The Balaban J connectivity index is 1.90. The van der Waals surface area contributed by atoms with Gasteiger partial charge in [-0.2, -0.15) is 0 Å². The molecule has 0 unspecified atom stereocenters. The molecule has 3 aromatic carbocycles. The van der Waals surface area contributed by atoms with Gasteiger partial charge in [-0.3, -0.25) is 9.00 Å². The summed E-state index contributed by atoms with van der Waals surface area (Å²) in [5.41, 5.74) is 4.69. The maximum absolute atomic E-state index is 13.7. The fraction of sp³-hybridized carbons (Fsp3) is 0.185. The molecule has 2 atom stereocenters. The molecule has 0 bridgehead atoms. The third-order valence-electron chi connectivity index (χ3n) is 5.53. The molecule has 4 aromatic rings. The minimum atomic E-state index is -1.14. The van der Waals surface area contributed by atoms with Crippen molar-refractivity contribution in [2.45, 2.75) is 25.1 Å². The van der Waals surface area contributed by atoms with Gasteiger partial charge in [-0.1, -0.05) is 85.8 Å². The third-order valence-corrected chi connectivity index (χ3v) is 6.23. The van der Waals surface area contributed by atoms with Crippen molar-refractivity contribution in [2.24, 2.45) is 0 Å². The van der Waals surface area contributed by atoms with Crippen LogP contribution in [-0.2, 0) is 16.6 Å². The Kier molecular flexibility index (Phi) is 6.76.